The summed E-state index contributed by atoms with van der Waals surface area (Å²) in [6.07, 6.45) is 5.06. The van der Waals surface area contributed by atoms with Gasteiger partial charge in [-0.1, -0.05) is 73.3 Å². The highest BCUT2D eigenvalue weighted by Gasteiger charge is 2.21. The van der Waals surface area contributed by atoms with Gasteiger partial charge in [0.25, 0.3) is 0 Å². The van der Waals surface area contributed by atoms with Gasteiger partial charge in [-0.3, -0.25) is 0 Å². The van der Waals surface area contributed by atoms with Gasteiger partial charge in [0.1, 0.15) is 0 Å². The lowest BCUT2D eigenvalue weighted by Crippen LogP contribution is -2.13. The van der Waals surface area contributed by atoms with Crippen molar-refractivity contribution >= 4 is 6.08 Å². The molecule has 0 N–H and O–H groups in total. The lowest BCUT2D eigenvalue weighted by molar-refractivity contribution is 0.734. The Hall–Kier alpha value is -2.08. The van der Waals surface area contributed by atoms with Crippen molar-refractivity contribution in [3.63, 3.8) is 0 Å². The lowest BCUT2D eigenvalue weighted by atomic mass is 9.78. The molecule has 0 saturated carbocycles. The molecule has 2 aromatic rings. The van der Waals surface area contributed by atoms with E-state index in [0.29, 0.717) is 5.92 Å². The Bertz CT molecular complexity index is 523. The SMILES string of the molecule is C=CC1Cc2ccccc21.C=Cc1ccccc1. The van der Waals surface area contributed by atoms with E-state index in [1.54, 1.807) is 0 Å². The molecule has 90 valence electrons. The van der Waals surface area contributed by atoms with Crippen LogP contribution in [-0.4, -0.2) is 0 Å². The number of hydrogen-bond acceptors (Lipinski definition) is 0. The first-order chi connectivity index (χ1) is 8.85. The third kappa shape index (κ3) is 2.78. The van der Waals surface area contributed by atoms with Crippen molar-refractivity contribution in [2.45, 2.75) is 12.3 Å². The molecule has 1 unspecified atom stereocenters. The predicted molar refractivity (Wildman–Crippen MR) is 79.6 cm³/mol. The summed E-state index contributed by atoms with van der Waals surface area (Å²) in [6, 6.07) is 18.6. The first kappa shape index (κ1) is 12.4. The number of rotatable bonds is 2. The van der Waals surface area contributed by atoms with Crippen LogP contribution in [0, 0.1) is 0 Å². The van der Waals surface area contributed by atoms with Gasteiger partial charge in [0.2, 0.25) is 0 Å². The van der Waals surface area contributed by atoms with Gasteiger partial charge in [0.15, 0.2) is 0 Å². The lowest BCUT2D eigenvalue weighted by Gasteiger charge is -2.26. The first-order valence-electron chi connectivity index (χ1n) is 6.23. The fourth-order valence-electron chi connectivity index (χ4n) is 2.10. The maximum absolute atomic E-state index is 3.78. The van der Waals surface area contributed by atoms with Gasteiger partial charge < -0.3 is 0 Å². The maximum Gasteiger partial charge on any atom is 0.00585 e. The van der Waals surface area contributed by atoms with Crippen molar-refractivity contribution in [3.8, 4) is 0 Å². The van der Waals surface area contributed by atoms with Gasteiger partial charge in [-0.2, -0.15) is 0 Å². The highest BCUT2D eigenvalue weighted by atomic mass is 14.2. The monoisotopic (exact) mass is 234 g/mol. The van der Waals surface area contributed by atoms with E-state index < -0.39 is 0 Å². The summed E-state index contributed by atoms with van der Waals surface area (Å²) in [5, 5.41) is 0. The quantitative estimate of drug-likeness (QED) is 0.652. The van der Waals surface area contributed by atoms with Crippen LogP contribution in [0.15, 0.2) is 73.8 Å². The van der Waals surface area contributed by atoms with E-state index in [-0.39, 0.29) is 0 Å². The van der Waals surface area contributed by atoms with Gasteiger partial charge in [0.05, 0.1) is 0 Å². The summed E-state index contributed by atoms with van der Waals surface area (Å²) in [5.74, 6) is 0.635. The Morgan fingerprint density at radius 1 is 0.889 bits per heavy atom. The summed E-state index contributed by atoms with van der Waals surface area (Å²) in [5.41, 5.74) is 4.14. The van der Waals surface area contributed by atoms with Crippen LogP contribution in [0.1, 0.15) is 22.6 Å². The Balaban J connectivity index is 0.000000138. The molecule has 1 aliphatic rings. The van der Waals surface area contributed by atoms with Crippen molar-refractivity contribution in [1.82, 2.24) is 0 Å². The molecule has 0 heterocycles. The second-order valence-electron chi connectivity index (χ2n) is 4.36. The normalized spacial score (nSPS) is 15.4. The average molecular weight is 234 g/mol. The van der Waals surface area contributed by atoms with Crippen LogP contribution < -0.4 is 0 Å². The van der Waals surface area contributed by atoms with Crippen LogP contribution in [-0.2, 0) is 6.42 Å². The molecule has 18 heavy (non-hydrogen) atoms. The minimum Gasteiger partial charge on any atom is -0.102 e. The number of fused-ring (bicyclic) bond motifs is 1. The summed E-state index contributed by atoms with van der Waals surface area (Å²) in [6.45, 7) is 7.41. The smallest absolute Gasteiger partial charge is 0.00585 e. The first-order valence-corrected chi connectivity index (χ1v) is 6.23. The summed E-state index contributed by atoms with van der Waals surface area (Å²) in [4.78, 5) is 0. The van der Waals surface area contributed by atoms with Crippen LogP contribution in [0.3, 0.4) is 0 Å². The number of allylic oxidation sites excluding steroid dienone is 1. The molecule has 0 saturated heterocycles. The fourth-order valence-corrected chi connectivity index (χ4v) is 2.10. The predicted octanol–water partition coefficient (Wildman–Crippen LogP) is 4.84. The standard InChI is InChI=1S/C10H10.C8H8/c1-2-8-7-9-5-3-4-6-10(8)9;1-2-8-6-4-3-5-7-8/h2-6,8H,1,7H2;2-7H,1H2. The van der Waals surface area contributed by atoms with Gasteiger partial charge in [-0.15, -0.1) is 6.58 Å². The fraction of sp³-hybridized carbons (Fsp3) is 0.111. The molecule has 1 atom stereocenters. The van der Waals surface area contributed by atoms with Crippen molar-refractivity contribution < 1.29 is 0 Å². The van der Waals surface area contributed by atoms with Crippen LogP contribution >= 0.6 is 0 Å². The van der Waals surface area contributed by atoms with E-state index in [4.69, 9.17) is 0 Å². The zero-order valence-corrected chi connectivity index (χ0v) is 10.5. The molecule has 3 rings (SSSR count). The van der Waals surface area contributed by atoms with E-state index in [9.17, 15) is 0 Å². The topological polar surface area (TPSA) is 0 Å². The zero-order valence-electron chi connectivity index (χ0n) is 10.5. The van der Waals surface area contributed by atoms with Crippen LogP contribution in [0.2, 0.25) is 0 Å². The van der Waals surface area contributed by atoms with Gasteiger partial charge in [0, 0.05) is 5.92 Å². The highest BCUT2D eigenvalue weighted by molar-refractivity contribution is 5.45. The number of benzene rings is 2. The summed E-state index contributed by atoms with van der Waals surface area (Å²) >= 11 is 0. The van der Waals surface area contributed by atoms with Crippen molar-refractivity contribution in [2.24, 2.45) is 0 Å². The van der Waals surface area contributed by atoms with E-state index in [2.05, 4.69) is 37.4 Å². The molecule has 0 amide bonds. The molecule has 0 aromatic heterocycles. The minimum absolute atomic E-state index is 0.635. The van der Waals surface area contributed by atoms with Crippen molar-refractivity contribution in [3.05, 3.63) is 90.5 Å². The maximum atomic E-state index is 3.78. The van der Waals surface area contributed by atoms with Gasteiger partial charge >= 0.3 is 0 Å². The van der Waals surface area contributed by atoms with Gasteiger partial charge in [-0.25, -0.2) is 0 Å². The molecule has 0 spiro atoms. The summed E-state index contributed by atoms with van der Waals surface area (Å²) < 4.78 is 0. The molecule has 0 fully saturated rings. The zero-order chi connectivity index (χ0) is 12.8. The van der Waals surface area contributed by atoms with Crippen molar-refractivity contribution in [2.75, 3.05) is 0 Å². The molecule has 0 radical (unpaired) electrons. The Kier molecular flexibility index (Phi) is 4.14. The van der Waals surface area contributed by atoms with E-state index >= 15 is 0 Å². The molecular formula is C18H18. The molecule has 2 aromatic carbocycles. The highest BCUT2D eigenvalue weighted by Crippen LogP contribution is 2.34. The third-order valence-electron chi connectivity index (χ3n) is 3.21. The minimum atomic E-state index is 0.635. The van der Waals surface area contributed by atoms with E-state index in [1.807, 2.05) is 42.5 Å². The van der Waals surface area contributed by atoms with Crippen LogP contribution in [0.4, 0.5) is 0 Å². The Morgan fingerprint density at radius 2 is 1.56 bits per heavy atom. The molecule has 0 aliphatic heterocycles. The second-order valence-corrected chi connectivity index (χ2v) is 4.36. The number of hydrogen-bond donors (Lipinski definition) is 0. The van der Waals surface area contributed by atoms with E-state index in [1.165, 1.54) is 23.1 Å². The van der Waals surface area contributed by atoms with Gasteiger partial charge in [-0.05, 0) is 23.1 Å². The summed E-state index contributed by atoms with van der Waals surface area (Å²) in [7, 11) is 0. The Morgan fingerprint density at radius 3 is 2.11 bits per heavy atom. The molecular weight excluding hydrogens is 216 g/mol. The average Bonchev–Trinajstić information content (AvgIpc) is 2.42. The second kappa shape index (κ2) is 6.02. The molecule has 0 heteroatoms. The van der Waals surface area contributed by atoms with Crippen LogP contribution in [0.25, 0.3) is 6.08 Å². The Labute approximate surface area is 109 Å². The molecule has 1 aliphatic carbocycles. The van der Waals surface area contributed by atoms with E-state index in [0.717, 1.165) is 0 Å². The third-order valence-corrected chi connectivity index (χ3v) is 3.21. The molecule has 0 nitrogen and oxygen atoms in total. The van der Waals surface area contributed by atoms with Crippen molar-refractivity contribution in [1.29, 1.82) is 0 Å². The largest absolute Gasteiger partial charge is 0.102 e. The van der Waals surface area contributed by atoms with Crippen LogP contribution in [0.5, 0.6) is 0 Å². The molecule has 0 bridgehead atoms.